The normalized spacial score (nSPS) is 12.6. The summed E-state index contributed by atoms with van der Waals surface area (Å²) in [6.45, 7) is 6.19. The van der Waals surface area contributed by atoms with Gasteiger partial charge in [-0.1, -0.05) is 13.8 Å². The lowest BCUT2D eigenvalue weighted by Gasteiger charge is -2.20. The minimum Gasteiger partial charge on any atom is -0.493 e. The molecule has 0 aliphatic carbocycles. The van der Waals surface area contributed by atoms with Gasteiger partial charge in [-0.2, -0.15) is 5.10 Å². The molecule has 2 aromatic rings. The van der Waals surface area contributed by atoms with Gasteiger partial charge >= 0.3 is 0 Å². The predicted molar refractivity (Wildman–Crippen MR) is 91.2 cm³/mol. The Balaban J connectivity index is 2.42. The van der Waals surface area contributed by atoms with Crippen LogP contribution in [0.15, 0.2) is 21.4 Å². The number of thiophene rings is 1. The molecule has 6 heteroatoms. The number of nitrogens with one attached hydrogen (secondary N) is 1. The first kappa shape index (κ1) is 16.5. The van der Waals surface area contributed by atoms with Crippen LogP contribution in [0.25, 0.3) is 0 Å². The molecule has 0 fully saturated rings. The SMILES string of the molecule is CCCNC(c1csc(Br)c1)c1c(OC)cnn1CCC. The van der Waals surface area contributed by atoms with Crippen molar-refractivity contribution >= 4 is 27.3 Å². The second kappa shape index (κ2) is 7.96. The summed E-state index contributed by atoms with van der Waals surface area (Å²) < 4.78 is 8.72. The highest BCUT2D eigenvalue weighted by Crippen LogP contribution is 2.34. The van der Waals surface area contributed by atoms with Gasteiger partial charge in [0.2, 0.25) is 0 Å². The largest absolute Gasteiger partial charge is 0.493 e. The van der Waals surface area contributed by atoms with Gasteiger partial charge in [0.15, 0.2) is 5.75 Å². The Labute approximate surface area is 138 Å². The Morgan fingerprint density at radius 3 is 2.81 bits per heavy atom. The molecule has 1 N–H and O–H groups in total. The van der Waals surface area contributed by atoms with Gasteiger partial charge in [0, 0.05) is 6.54 Å². The van der Waals surface area contributed by atoms with Crippen LogP contribution in [0.2, 0.25) is 0 Å². The Morgan fingerprint density at radius 1 is 1.43 bits per heavy atom. The van der Waals surface area contributed by atoms with Gasteiger partial charge in [0.05, 0.1) is 23.1 Å². The number of rotatable bonds is 8. The molecular formula is C15H22BrN3OS. The number of aryl methyl sites for hydroxylation is 1. The summed E-state index contributed by atoms with van der Waals surface area (Å²) in [6, 6.07) is 2.28. The quantitative estimate of drug-likeness (QED) is 0.754. The molecule has 0 aliphatic heterocycles. The maximum absolute atomic E-state index is 5.53. The van der Waals surface area contributed by atoms with Crippen molar-refractivity contribution in [1.29, 1.82) is 0 Å². The van der Waals surface area contributed by atoms with Gasteiger partial charge in [-0.05, 0) is 52.3 Å². The van der Waals surface area contributed by atoms with Crippen LogP contribution < -0.4 is 10.1 Å². The Morgan fingerprint density at radius 2 is 2.24 bits per heavy atom. The second-order valence-corrected chi connectivity index (χ2v) is 7.18. The summed E-state index contributed by atoms with van der Waals surface area (Å²) in [4.78, 5) is 0. The van der Waals surface area contributed by atoms with Crippen LogP contribution in [0, 0.1) is 0 Å². The molecule has 116 valence electrons. The number of ether oxygens (including phenoxy) is 1. The number of hydrogen-bond acceptors (Lipinski definition) is 4. The number of methoxy groups -OCH3 is 1. The number of hydrogen-bond donors (Lipinski definition) is 1. The van der Waals surface area contributed by atoms with Gasteiger partial charge in [0.1, 0.15) is 5.69 Å². The highest BCUT2D eigenvalue weighted by Gasteiger charge is 2.23. The Kier molecular flexibility index (Phi) is 6.26. The molecule has 1 atom stereocenters. The summed E-state index contributed by atoms with van der Waals surface area (Å²) in [6.07, 6.45) is 3.95. The molecule has 1 unspecified atom stereocenters. The fraction of sp³-hybridized carbons (Fsp3) is 0.533. The molecular weight excluding hydrogens is 350 g/mol. The highest BCUT2D eigenvalue weighted by molar-refractivity contribution is 9.11. The molecule has 0 spiro atoms. The first-order valence-corrected chi connectivity index (χ1v) is 8.95. The van der Waals surface area contributed by atoms with Crippen molar-refractivity contribution in [2.75, 3.05) is 13.7 Å². The monoisotopic (exact) mass is 371 g/mol. The van der Waals surface area contributed by atoms with E-state index in [1.54, 1.807) is 18.4 Å². The number of halogens is 1. The standard InChI is InChI=1S/C15H22BrN3OS/c1-4-6-17-14(11-8-13(16)21-10-11)15-12(20-3)9-18-19(15)7-5-2/h8-10,14,17H,4-7H2,1-3H3. The topological polar surface area (TPSA) is 39.1 Å². The zero-order valence-corrected chi connectivity index (χ0v) is 15.1. The summed E-state index contributed by atoms with van der Waals surface area (Å²) in [5.41, 5.74) is 2.36. The number of aromatic nitrogens is 2. The minimum atomic E-state index is 0.108. The van der Waals surface area contributed by atoms with Gasteiger partial charge in [-0.25, -0.2) is 0 Å². The van der Waals surface area contributed by atoms with Gasteiger partial charge < -0.3 is 10.1 Å². The maximum Gasteiger partial charge on any atom is 0.161 e. The van der Waals surface area contributed by atoms with E-state index in [2.05, 4.69) is 56.3 Å². The van der Waals surface area contributed by atoms with E-state index in [9.17, 15) is 0 Å². The Bertz CT molecular complexity index is 567. The van der Waals surface area contributed by atoms with Crippen LogP contribution in [0.5, 0.6) is 5.75 Å². The van der Waals surface area contributed by atoms with E-state index in [0.717, 1.165) is 41.2 Å². The van der Waals surface area contributed by atoms with Crippen LogP contribution in [0.1, 0.15) is 44.0 Å². The van der Waals surface area contributed by atoms with Crippen molar-refractivity contribution in [3.63, 3.8) is 0 Å². The van der Waals surface area contributed by atoms with Crippen molar-refractivity contribution in [3.05, 3.63) is 32.7 Å². The third-order valence-electron chi connectivity index (χ3n) is 3.29. The third kappa shape index (κ3) is 3.87. The summed E-state index contributed by atoms with van der Waals surface area (Å²) in [5, 5.41) is 10.3. The molecule has 4 nitrogen and oxygen atoms in total. The molecule has 2 aromatic heterocycles. The molecule has 0 amide bonds. The van der Waals surface area contributed by atoms with Gasteiger partial charge in [-0.15, -0.1) is 11.3 Å². The molecule has 0 saturated carbocycles. The minimum absolute atomic E-state index is 0.108. The third-order valence-corrected chi connectivity index (χ3v) is 4.82. The van der Waals surface area contributed by atoms with E-state index in [1.807, 2.05) is 6.20 Å². The summed E-state index contributed by atoms with van der Waals surface area (Å²) >= 11 is 5.26. The predicted octanol–water partition coefficient (Wildman–Crippen LogP) is 4.21. The van der Waals surface area contributed by atoms with Crippen molar-refractivity contribution in [3.8, 4) is 5.75 Å². The average Bonchev–Trinajstić information content (AvgIpc) is 3.07. The lowest BCUT2D eigenvalue weighted by Crippen LogP contribution is -2.26. The van der Waals surface area contributed by atoms with Crippen LogP contribution in [0.4, 0.5) is 0 Å². The van der Waals surface area contributed by atoms with Crippen molar-refractivity contribution in [2.45, 2.75) is 39.3 Å². The van der Waals surface area contributed by atoms with E-state index in [0.29, 0.717) is 0 Å². The first-order valence-electron chi connectivity index (χ1n) is 7.28. The number of nitrogens with zero attached hydrogens (tertiary/aromatic N) is 2. The molecule has 0 bridgehead atoms. The molecule has 2 rings (SSSR count). The molecule has 21 heavy (non-hydrogen) atoms. The van der Waals surface area contributed by atoms with Crippen LogP contribution in [0.3, 0.4) is 0 Å². The maximum atomic E-state index is 5.53. The first-order chi connectivity index (χ1) is 10.2. The zero-order valence-electron chi connectivity index (χ0n) is 12.7. The fourth-order valence-corrected chi connectivity index (χ4v) is 3.55. The smallest absolute Gasteiger partial charge is 0.161 e. The Hall–Kier alpha value is -0.850. The van der Waals surface area contributed by atoms with E-state index < -0.39 is 0 Å². The van der Waals surface area contributed by atoms with E-state index in [1.165, 1.54) is 5.56 Å². The van der Waals surface area contributed by atoms with Crippen molar-refractivity contribution < 1.29 is 4.74 Å². The van der Waals surface area contributed by atoms with Crippen LogP contribution >= 0.6 is 27.3 Å². The molecule has 0 radical (unpaired) electrons. The van der Waals surface area contributed by atoms with Crippen molar-refractivity contribution in [2.24, 2.45) is 0 Å². The van der Waals surface area contributed by atoms with E-state index in [-0.39, 0.29) is 6.04 Å². The van der Waals surface area contributed by atoms with E-state index in [4.69, 9.17) is 4.74 Å². The molecule has 0 aromatic carbocycles. The van der Waals surface area contributed by atoms with Crippen LogP contribution in [-0.2, 0) is 6.54 Å². The highest BCUT2D eigenvalue weighted by atomic mass is 79.9. The summed E-state index contributed by atoms with van der Waals surface area (Å²) in [5.74, 6) is 0.847. The van der Waals surface area contributed by atoms with E-state index >= 15 is 0 Å². The molecule has 0 aliphatic rings. The summed E-state index contributed by atoms with van der Waals surface area (Å²) in [7, 11) is 1.71. The fourth-order valence-electron chi connectivity index (χ4n) is 2.35. The molecule has 0 saturated heterocycles. The molecule has 2 heterocycles. The van der Waals surface area contributed by atoms with Gasteiger partial charge in [0.25, 0.3) is 0 Å². The lowest BCUT2D eigenvalue weighted by atomic mass is 10.1. The van der Waals surface area contributed by atoms with Gasteiger partial charge in [-0.3, -0.25) is 4.68 Å². The lowest BCUT2D eigenvalue weighted by molar-refractivity contribution is 0.397. The van der Waals surface area contributed by atoms with Crippen molar-refractivity contribution in [1.82, 2.24) is 15.1 Å². The average molecular weight is 372 g/mol. The zero-order chi connectivity index (χ0) is 15.2. The second-order valence-electron chi connectivity index (χ2n) is 4.89. The van der Waals surface area contributed by atoms with Crippen LogP contribution in [-0.4, -0.2) is 23.4 Å².